The normalized spacial score (nSPS) is 36.8. The number of hydrogen-bond acceptors (Lipinski definition) is 1. The summed E-state index contributed by atoms with van der Waals surface area (Å²) in [4.78, 5) is 12.6. The molecule has 0 atom stereocenters. The van der Waals surface area contributed by atoms with Crippen molar-refractivity contribution in [2.45, 2.75) is 51.0 Å². The maximum atomic E-state index is 13.2. The largest absolute Gasteiger partial charge is 0.347 e. The summed E-state index contributed by atoms with van der Waals surface area (Å²) in [5.41, 5.74) is 1.36. The van der Waals surface area contributed by atoms with Crippen LogP contribution in [0.3, 0.4) is 0 Å². The second kappa shape index (κ2) is 4.56. The van der Waals surface area contributed by atoms with Gasteiger partial charge in [-0.25, -0.2) is 4.39 Å². The Morgan fingerprint density at radius 3 is 2.24 bits per heavy atom. The van der Waals surface area contributed by atoms with E-state index in [-0.39, 0.29) is 17.3 Å². The highest BCUT2D eigenvalue weighted by Crippen LogP contribution is 2.55. The maximum absolute atomic E-state index is 13.2. The second-order valence-corrected chi connectivity index (χ2v) is 7.61. The van der Waals surface area contributed by atoms with Crippen LogP contribution in [-0.2, 0) is 0 Å². The van der Waals surface area contributed by atoms with Crippen molar-refractivity contribution >= 4 is 5.91 Å². The molecule has 1 N–H and O–H groups in total. The van der Waals surface area contributed by atoms with Gasteiger partial charge in [0.1, 0.15) is 5.82 Å². The lowest BCUT2D eigenvalue weighted by Crippen LogP contribution is -2.59. The van der Waals surface area contributed by atoms with E-state index in [4.69, 9.17) is 0 Å². The lowest BCUT2D eigenvalue weighted by molar-refractivity contribution is -0.0167. The lowest BCUT2D eigenvalue weighted by Gasteiger charge is -2.56. The van der Waals surface area contributed by atoms with E-state index in [0.29, 0.717) is 5.56 Å². The van der Waals surface area contributed by atoms with Crippen molar-refractivity contribution in [1.29, 1.82) is 0 Å². The van der Waals surface area contributed by atoms with Crippen molar-refractivity contribution in [1.82, 2.24) is 5.32 Å². The van der Waals surface area contributed by atoms with Crippen molar-refractivity contribution in [3.8, 4) is 0 Å². The molecule has 2 nitrogen and oxygen atoms in total. The van der Waals surface area contributed by atoms with Crippen LogP contribution < -0.4 is 5.32 Å². The molecular formula is C18H22FNO. The summed E-state index contributed by atoms with van der Waals surface area (Å²) in [6, 6.07) is 4.43. The third kappa shape index (κ3) is 2.27. The Morgan fingerprint density at radius 1 is 1.14 bits per heavy atom. The molecule has 3 heteroatoms. The van der Waals surface area contributed by atoms with Crippen LogP contribution in [-0.4, -0.2) is 11.4 Å². The van der Waals surface area contributed by atoms with Crippen LogP contribution >= 0.6 is 0 Å². The van der Waals surface area contributed by atoms with Crippen molar-refractivity contribution in [3.63, 3.8) is 0 Å². The highest BCUT2D eigenvalue weighted by Gasteiger charge is 2.51. The molecule has 21 heavy (non-hydrogen) atoms. The molecule has 0 aliphatic heterocycles. The van der Waals surface area contributed by atoms with Crippen LogP contribution in [0.4, 0.5) is 4.39 Å². The standard InChI is InChI=1S/C18H22FNO/c1-11-4-15(19)2-3-16(11)17(21)20-18-8-12-5-13(9-18)7-14(6-12)10-18/h2-4,12-14H,5-10H2,1H3,(H,20,21). The molecule has 0 aromatic heterocycles. The molecule has 0 heterocycles. The first-order valence-corrected chi connectivity index (χ1v) is 8.12. The van der Waals surface area contributed by atoms with Gasteiger partial charge < -0.3 is 5.32 Å². The molecule has 5 rings (SSSR count). The monoisotopic (exact) mass is 287 g/mol. The minimum atomic E-state index is -0.279. The molecule has 4 aliphatic carbocycles. The second-order valence-electron chi connectivity index (χ2n) is 7.61. The fourth-order valence-electron chi connectivity index (χ4n) is 5.45. The van der Waals surface area contributed by atoms with Crippen molar-refractivity contribution in [2.24, 2.45) is 17.8 Å². The Morgan fingerprint density at radius 2 is 1.71 bits per heavy atom. The van der Waals surface area contributed by atoms with Crippen molar-refractivity contribution in [2.75, 3.05) is 0 Å². The predicted molar refractivity (Wildman–Crippen MR) is 79.5 cm³/mol. The summed E-state index contributed by atoms with van der Waals surface area (Å²) in [6.07, 6.45) is 7.53. The molecule has 0 radical (unpaired) electrons. The van der Waals surface area contributed by atoms with Gasteiger partial charge in [0.2, 0.25) is 0 Å². The van der Waals surface area contributed by atoms with Crippen LogP contribution in [0.25, 0.3) is 0 Å². The van der Waals surface area contributed by atoms with Crippen LogP contribution in [0.5, 0.6) is 0 Å². The molecule has 1 amide bonds. The van der Waals surface area contributed by atoms with E-state index in [9.17, 15) is 9.18 Å². The Bertz CT molecular complexity index is 560. The fourth-order valence-corrected chi connectivity index (χ4v) is 5.45. The quantitative estimate of drug-likeness (QED) is 0.880. The molecule has 1 aromatic carbocycles. The van der Waals surface area contributed by atoms with Crippen LogP contribution in [0, 0.1) is 30.5 Å². The summed E-state index contributed by atoms with van der Waals surface area (Å²) in [5.74, 6) is 2.14. The van der Waals surface area contributed by atoms with E-state index in [2.05, 4.69) is 5.32 Å². The predicted octanol–water partition coefficient (Wildman–Crippen LogP) is 3.83. The summed E-state index contributed by atoms with van der Waals surface area (Å²) in [6.45, 7) is 1.80. The van der Waals surface area contributed by atoms with E-state index in [1.54, 1.807) is 13.0 Å². The van der Waals surface area contributed by atoms with Gasteiger partial charge in [-0.2, -0.15) is 0 Å². The Kier molecular flexibility index (Phi) is 2.88. The topological polar surface area (TPSA) is 29.1 Å². The first-order chi connectivity index (χ1) is 10.0. The SMILES string of the molecule is Cc1cc(F)ccc1C(=O)NC12CC3CC(CC(C3)C1)C2. The van der Waals surface area contributed by atoms with Gasteiger partial charge in [0.15, 0.2) is 0 Å². The smallest absolute Gasteiger partial charge is 0.251 e. The van der Waals surface area contributed by atoms with Gasteiger partial charge in [-0.1, -0.05) is 0 Å². The van der Waals surface area contributed by atoms with Gasteiger partial charge in [-0.3, -0.25) is 4.79 Å². The summed E-state index contributed by atoms with van der Waals surface area (Å²) >= 11 is 0. The highest BCUT2D eigenvalue weighted by molar-refractivity contribution is 5.96. The summed E-state index contributed by atoms with van der Waals surface area (Å²) in [7, 11) is 0. The molecule has 0 unspecified atom stereocenters. The molecule has 4 saturated carbocycles. The van der Waals surface area contributed by atoms with Gasteiger partial charge >= 0.3 is 0 Å². The Balaban J connectivity index is 1.57. The molecule has 1 aromatic rings. The fraction of sp³-hybridized carbons (Fsp3) is 0.611. The minimum Gasteiger partial charge on any atom is -0.347 e. The van der Waals surface area contributed by atoms with Crippen LogP contribution in [0.2, 0.25) is 0 Å². The number of nitrogens with one attached hydrogen (secondary N) is 1. The van der Waals surface area contributed by atoms with E-state index in [0.717, 1.165) is 42.6 Å². The van der Waals surface area contributed by atoms with Gasteiger partial charge in [-0.15, -0.1) is 0 Å². The maximum Gasteiger partial charge on any atom is 0.251 e. The van der Waals surface area contributed by atoms with E-state index < -0.39 is 0 Å². The number of hydrogen-bond donors (Lipinski definition) is 1. The Labute approximate surface area is 125 Å². The van der Waals surface area contributed by atoms with E-state index >= 15 is 0 Å². The lowest BCUT2D eigenvalue weighted by atomic mass is 9.53. The zero-order chi connectivity index (χ0) is 14.6. The number of aryl methyl sites for hydroxylation is 1. The van der Waals surface area contributed by atoms with Gasteiger partial charge in [0.25, 0.3) is 5.91 Å². The number of amides is 1. The zero-order valence-corrected chi connectivity index (χ0v) is 12.5. The van der Waals surface area contributed by atoms with Crippen LogP contribution in [0.1, 0.15) is 54.4 Å². The molecule has 0 spiro atoms. The third-order valence-electron chi connectivity index (χ3n) is 5.85. The van der Waals surface area contributed by atoms with Gasteiger partial charge in [0, 0.05) is 11.1 Å². The molecule has 4 fully saturated rings. The average molecular weight is 287 g/mol. The number of halogens is 1. The highest BCUT2D eigenvalue weighted by atomic mass is 19.1. The first-order valence-electron chi connectivity index (χ1n) is 8.12. The van der Waals surface area contributed by atoms with E-state index in [1.165, 1.54) is 31.4 Å². The molecule has 0 saturated heterocycles. The number of carbonyl (C=O) groups excluding carboxylic acids is 1. The average Bonchev–Trinajstić information content (AvgIpc) is 2.35. The van der Waals surface area contributed by atoms with Gasteiger partial charge in [-0.05, 0) is 87.0 Å². The number of rotatable bonds is 2. The molecule has 4 bridgehead atoms. The third-order valence-corrected chi connectivity index (χ3v) is 5.85. The van der Waals surface area contributed by atoms with Crippen LogP contribution in [0.15, 0.2) is 18.2 Å². The molecular weight excluding hydrogens is 265 g/mol. The van der Waals surface area contributed by atoms with Crippen molar-refractivity contribution < 1.29 is 9.18 Å². The van der Waals surface area contributed by atoms with Gasteiger partial charge in [0.05, 0.1) is 0 Å². The molecule has 112 valence electrons. The molecule has 4 aliphatic rings. The van der Waals surface area contributed by atoms with Crippen molar-refractivity contribution in [3.05, 3.63) is 35.1 Å². The van der Waals surface area contributed by atoms with E-state index in [1.807, 2.05) is 0 Å². The minimum absolute atomic E-state index is 0.0190. The zero-order valence-electron chi connectivity index (χ0n) is 12.5. The summed E-state index contributed by atoms with van der Waals surface area (Å²) < 4.78 is 13.2. The number of benzene rings is 1. The summed E-state index contributed by atoms with van der Waals surface area (Å²) in [5, 5.41) is 3.34. The Hall–Kier alpha value is -1.38. The first kappa shape index (κ1) is 13.3. The number of carbonyl (C=O) groups is 1.